The molecule has 2 rings (SSSR count). The zero-order valence-corrected chi connectivity index (χ0v) is 9.02. The molecule has 1 aromatic carbocycles. The summed E-state index contributed by atoms with van der Waals surface area (Å²) in [7, 11) is 0. The van der Waals surface area contributed by atoms with Gasteiger partial charge in [-0.15, -0.1) is 0 Å². The molecule has 0 atom stereocenters. The standard InChI is InChI=1S/C13H11FO3/c14-11-4-2-1-3-10(11)12-7-5-9(17-12)6-8-13(15)16/h1-5,7H,6,8H2,(H,15,16). The predicted octanol–water partition coefficient (Wildman–Crippen LogP) is 3.10. The van der Waals surface area contributed by atoms with Crippen molar-refractivity contribution in [1.82, 2.24) is 0 Å². The molecule has 0 aliphatic heterocycles. The van der Waals surface area contributed by atoms with Crippen molar-refractivity contribution in [2.24, 2.45) is 0 Å². The van der Waals surface area contributed by atoms with Crippen LogP contribution in [-0.4, -0.2) is 11.1 Å². The van der Waals surface area contributed by atoms with Gasteiger partial charge in [0.05, 0.1) is 12.0 Å². The zero-order chi connectivity index (χ0) is 12.3. The van der Waals surface area contributed by atoms with Gasteiger partial charge in [0.1, 0.15) is 17.3 Å². The number of carbonyl (C=O) groups is 1. The number of halogens is 1. The van der Waals surface area contributed by atoms with Crippen LogP contribution in [0.1, 0.15) is 12.2 Å². The molecule has 0 saturated heterocycles. The second kappa shape index (κ2) is 4.82. The monoisotopic (exact) mass is 234 g/mol. The quantitative estimate of drug-likeness (QED) is 0.884. The number of benzene rings is 1. The first-order chi connectivity index (χ1) is 8.16. The summed E-state index contributed by atoms with van der Waals surface area (Å²) in [6, 6.07) is 9.62. The number of rotatable bonds is 4. The van der Waals surface area contributed by atoms with Crippen LogP contribution >= 0.6 is 0 Å². The number of aryl methyl sites for hydroxylation is 1. The van der Waals surface area contributed by atoms with E-state index in [1.54, 1.807) is 30.3 Å². The number of furan rings is 1. The maximum absolute atomic E-state index is 13.4. The minimum absolute atomic E-state index is 0.00419. The molecule has 0 saturated carbocycles. The van der Waals surface area contributed by atoms with Crippen LogP contribution < -0.4 is 0 Å². The summed E-state index contributed by atoms with van der Waals surface area (Å²) >= 11 is 0. The summed E-state index contributed by atoms with van der Waals surface area (Å²) < 4.78 is 18.8. The average molecular weight is 234 g/mol. The van der Waals surface area contributed by atoms with E-state index in [9.17, 15) is 9.18 Å². The highest BCUT2D eigenvalue weighted by Crippen LogP contribution is 2.25. The summed E-state index contributed by atoms with van der Waals surface area (Å²) in [5.41, 5.74) is 0.383. The van der Waals surface area contributed by atoms with Crippen LogP contribution in [0.15, 0.2) is 40.8 Å². The largest absolute Gasteiger partial charge is 0.481 e. The van der Waals surface area contributed by atoms with Crippen molar-refractivity contribution in [2.75, 3.05) is 0 Å². The van der Waals surface area contributed by atoms with E-state index in [2.05, 4.69) is 0 Å². The van der Waals surface area contributed by atoms with E-state index in [4.69, 9.17) is 9.52 Å². The molecule has 0 spiro atoms. The maximum atomic E-state index is 13.4. The van der Waals surface area contributed by atoms with E-state index in [1.807, 2.05) is 0 Å². The molecular weight excluding hydrogens is 223 g/mol. The molecule has 0 amide bonds. The number of carboxylic acids is 1. The normalized spacial score (nSPS) is 10.4. The van der Waals surface area contributed by atoms with Gasteiger partial charge in [0.25, 0.3) is 0 Å². The van der Waals surface area contributed by atoms with Gasteiger partial charge >= 0.3 is 5.97 Å². The van der Waals surface area contributed by atoms with Gasteiger partial charge in [-0.1, -0.05) is 12.1 Å². The number of carboxylic acid groups (broad SMARTS) is 1. The highest BCUT2D eigenvalue weighted by atomic mass is 19.1. The number of hydrogen-bond acceptors (Lipinski definition) is 2. The third-order valence-electron chi connectivity index (χ3n) is 2.39. The van der Waals surface area contributed by atoms with E-state index < -0.39 is 5.97 Å². The van der Waals surface area contributed by atoms with Crippen molar-refractivity contribution in [1.29, 1.82) is 0 Å². The number of hydrogen-bond donors (Lipinski definition) is 1. The molecule has 0 aliphatic rings. The topological polar surface area (TPSA) is 50.4 Å². The number of aliphatic carboxylic acids is 1. The Balaban J connectivity index is 2.18. The van der Waals surface area contributed by atoms with Gasteiger partial charge in [-0.3, -0.25) is 4.79 Å². The molecular formula is C13H11FO3. The zero-order valence-electron chi connectivity index (χ0n) is 9.02. The van der Waals surface area contributed by atoms with Crippen molar-refractivity contribution in [3.8, 4) is 11.3 Å². The fourth-order valence-corrected chi connectivity index (χ4v) is 1.55. The molecule has 3 nitrogen and oxygen atoms in total. The molecule has 88 valence electrons. The van der Waals surface area contributed by atoms with Crippen LogP contribution in [0.25, 0.3) is 11.3 Å². The van der Waals surface area contributed by atoms with Gasteiger partial charge < -0.3 is 9.52 Å². The first-order valence-electron chi connectivity index (χ1n) is 5.22. The molecule has 0 unspecified atom stereocenters. The Morgan fingerprint density at radius 3 is 2.71 bits per heavy atom. The van der Waals surface area contributed by atoms with Crippen molar-refractivity contribution in [3.63, 3.8) is 0 Å². The Morgan fingerprint density at radius 1 is 1.24 bits per heavy atom. The van der Waals surface area contributed by atoms with Crippen LogP contribution in [0.4, 0.5) is 4.39 Å². The van der Waals surface area contributed by atoms with Crippen molar-refractivity contribution in [3.05, 3.63) is 48.0 Å². The average Bonchev–Trinajstić information content (AvgIpc) is 2.75. The van der Waals surface area contributed by atoms with Gasteiger partial charge in [-0.05, 0) is 24.3 Å². The minimum atomic E-state index is -0.881. The Hall–Kier alpha value is -2.10. The molecule has 4 heteroatoms. The van der Waals surface area contributed by atoms with E-state index in [0.717, 1.165) is 0 Å². The molecule has 2 aromatic rings. The van der Waals surface area contributed by atoms with Gasteiger partial charge in [0.15, 0.2) is 0 Å². The SMILES string of the molecule is O=C(O)CCc1ccc(-c2ccccc2F)o1. The third kappa shape index (κ3) is 2.72. The summed E-state index contributed by atoms with van der Waals surface area (Å²) in [6.07, 6.45) is 0.314. The highest BCUT2D eigenvalue weighted by molar-refractivity contribution is 5.67. The van der Waals surface area contributed by atoms with Crippen molar-refractivity contribution < 1.29 is 18.7 Å². The lowest BCUT2D eigenvalue weighted by Crippen LogP contribution is -1.96. The van der Waals surface area contributed by atoms with Crippen LogP contribution in [0.5, 0.6) is 0 Å². The third-order valence-corrected chi connectivity index (χ3v) is 2.39. The van der Waals surface area contributed by atoms with Gasteiger partial charge in [0, 0.05) is 6.42 Å². The van der Waals surface area contributed by atoms with Crippen molar-refractivity contribution in [2.45, 2.75) is 12.8 Å². The Labute approximate surface area is 97.5 Å². The summed E-state index contributed by atoms with van der Waals surface area (Å²) in [5.74, 6) is -0.269. The smallest absolute Gasteiger partial charge is 0.303 e. The molecule has 17 heavy (non-hydrogen) atoms. The predicted molar refractivity (Wildman–Crippen MR) is 60.1 cm³/mol. The van der Waals surface area contributed by atoms with Crippen LogP contribution in [0.2, 0.25) is 0 Å². The first kappa shape index (κ1) is 11.4. The second-order valence-electron chi connectivity index (χ2n) is 3.64. The van der Waals surface area contributed by atoms with E-state index >= 15 is 0 Å². The lowest BCUT2D eigenvalue weighted by Gasteiger charge is -1.98. The molecule has 1 N–H and O–H groups in total. The molecule has 0 bridgehead atoms. The summed E-state index contributed by atoms with van der Waals surface area (Å²) in [4.78, 5) is 10.4. The van der Waals surface area contributed by atoms with E-state index in [0.29, 0.717) is 23.5 Å². The van der Waals surface area contributed by atoms with Crippen LogP contribution in [-0.2, 0) is 11.2 Å². The van der Waals surface area contributed by atoms with Gasteiger partial charge in [-0.25, -0.2) is 4.39 Å². The molecule has 0 radical (unpaired) electrons. The van der Waals surface area contributed by atoms with Gasteiger partial charge in [-0.2, -0.15) is 0 Å². The first-order valence-corrected chi connectivity index (χ1v) is 5.22. The van der Waals surface area contributed by atoms with Gasteiger partial charge in [0.2, 0.25) is 0 Å². The molecule has 1 heterocycles. The van der Waals surface area contributed by atoms with Crippen LogP contribution in [0, 0.1) is 5.82 Å². The Morgan fingerprint density at radius 2 is 2.00 bits per heavy atom. The molecule has 0 aliphatic carbocycles. The van der Waals surface area contributed by atoms with Crippen LogP contribution in [0.3, 0.4) is 0 Å². The fraction of sp³-hybridized carbons (Fsp3) is 0.154. The van der Waals surface area contributed by atoms with Crippen molar-refractivity contribution >= 4 is 5.97 Å². The Kier molecular flexibility index (Phi) is 3.23. The molecule has 0 fully saturated rings. The maximum Gasteiger partial charge on any atom is 0.303 e. The Bertz CT molecular complexity index is 531. The lowest BCUT2D eigenvalue weighted by molar-refractivity contribution is -0.137. The molecule has 1 aromatic heterocycles. The van der Waals surface area contributed by atoms with E-state index in [1.165, 1.54) is 6.07 Å². The minimum Gasteiger partial charge on any atom is -0.481 e. The fourth-order valence-electron chi connectivity index (χ4n) is 1.55. The second-order valence-corrected chi connectivity index (χ2v) is 3.64. The van der Waals surface area contributed by atoms with E-state index in [-0.39, 0.29) is 12.2 Å². The summed E-state index contributed by atoms with van der Waals surface area (Å²) in [5, 5.41) is 8.54. The highest BCUT2D eigenvalue weighted by Gasteiger charge is 2.09. The summed E-state index contributed by atoms with van der Waals surface area (Å²) in [6.45, 7) is 0. The lowest BCUT2D eigenvalue weighted by atomic mass is 10.1.